The summed E-state index contributed by atoms with van der Waals surface area (Å²) in [4.78, 5) is 37.1. The van der Waals surface area contributed by atoms with Crippen LogP contribution in [0.3, 0.4) is 0 Å². The number of nitriles is 1. The molecule has 2 aromatic rings. The van der Waals surface area contributed by atoms with E-state index in [-0.39, 0.29) is 35.0 Å². The fourth-order valence-electron chi connectivity index (χ4n) is 8.27. The van der Waals surface area contributed by atoms with Gasteiger partial charge in [0.05, 0.1) is 23.4 Å². The first-order valence-electron chi connectivity index (χ1n) is 16.5. The fourth-order valence-corrected chi connectivity index (χ4v) is 8.72. The minimum atomic E-state index is -0.479. The van der Waals surface area contributed by atoms with E-state index < -0.39 is 5.60 Å². The van der Waals surface area contributed by atoms with E-state index >= 15 is 0 Å². The Morgan fingerprint density at radius 1 is 1.04 bits per heavy atom. The summed E-state index contributed by atoms with van der Waals surface area (Å²) in [6, 6.07) is 11.8. The highest BCUT2D eigenvalue weighted by Crippen LogP contribution is 2.59. The summed E-state index contributed by atoms with van der Waals surface area (Å²) < 4.78 is 12.7. The van der Waals surface area contributed by atoms with Crippen LogP contribution in [-0.2, 0) is 11.3 Å². The van der Waals surface area contributed by atoms with Crippen LogP contribution in [0.1, 0.15) is 88.6 Å². The maximum absolute atomic E-state index is 13.7. The highest BCUT2D eigenvalue weighted by atomic mass is 79.9. The van der Waals surface area contributed by atoms with Gasteiger partial charge in [0, 0.05) is 59.5 Å². The van der Waals surface area contributed by atoms with Gasteiger partial charge in [-0.05, 0) is 85.8 Å². The highest BCUT2D eigenvalue weighted by molar-refractivity contribution is 9.10. The molecule has 47 heavy (non-hydrogen) atoms. The molecule has 0 unspecified atom stereocenters. The number of carbonyl (C=O) groups is 2. The lowest BCUT2D eigenvalue weighted by atomic mass is 9.49. The van der Waals surface area contributed by atoms with Gasteiger partial charge in [-0.1, -0.05) is 33.6 Å². The number of pyridine rings is 1. The van der Waals surface area contributed by atoms with Gasteiger partial charge < -0.3 is 19.3 Å². The molecule has 3 fully saturated rings. The quantitative estimate of drug-likeness (QED) is 0.348. The number of hydrogen-bond acceptors (Lipinski definition) is 7. The number of aromatic nitrogens is 1. The van der Waals surface area contributed by atoms with Gasteiger partial charge in [-0.3, -0.25) is 9.69 Å². The van der Waals surface area contributed by atoms with Crippen LogP contribution in [0.2, 0.25) is 0 Å². The molecule has 10 heteroatoms. The Bertz CT molecular complexity index is 1670. The van der Waals surface area contributed by atoms with Crippen molar-refractivity contribution < 1.29 is 19.1 Å². The zero-order valence-electron chi connectivity index (χ0n) is 28.4. The predicted molar refractivity (Wildman–Crippen MR) is 182 cm³/mol. The number of benzene rings is 1. The zero-order valence-corrected chi connectivity index (χ0v) is 30.0. The van der Waals surface area contributed by atoms with Crippen LogP contribution < -0.4 is 4.74 Å². The van der Waals surface area contributed by atoms with Gasteiger partial charge in [-0.25, -0.2) is 9.78 Å². The maximum Gasteiger partial charge on any atom is 0.410 e. The van der Waals surface area contributed by atoms with Gasteiger partial charge in [0.15, 0.2) is 0 Å². The molecule has 2 aliphatic heterocycles. The molecule has 0 bridgehead atoms. The number of hydrogen-bond donors (Lipinski definition) is 0. The van der Waals surface area contributed by atoms with Crippen molar-refractivity contribution in [3.05, 3.63) is 57.3 Å². The van der Waals surface area contributed by atoms with Gasteiger partial charge in [0.1, 0.15) is 29.2 Å². The summed E-state index contributed by atoms with van der Waals surface area (Å²) in [5.41, 5.74) is 1.59. The fraction of sp³-hybridized carbons (Fsp3) is 0.568. The Morgan fingerprint density at radius 3 is 2.34 bits per heavy atom. The Hall–Kier alpha value is -3.60. The van der Waals surface area contributed by atoms with E-state index in [9.17, 15) is 14.9 Å². The summed E-state index contributed by atoms with van der Waals surface area (Å²) in [5, 5.41) is 9.27. The van der Waals surface area contributed by atoms with Crippen LogP contribution in [0.4, 0.5) is 4.79 Å². The standard InChI is InChI=1S/C37H44BrN5O4/c1-35(2,3)47-34(45)42-16-14-41(15-17-42)26-18-23(19-26)8-10-25-11-13-28-30(40-25)22-43(31(28)44)32-36(4,5)33(37(32,6)7)46-27-12-9-24(21-39)29(38)20-27/h9,11-13,20,23,26,32-33H,14-19,22H2,1-7H3/t23-,26-,32-,33-. The van der Waals surface area contributed by atoms with Crippen molar-refractivity contribution in [1.82, 2.24) is 19.7 Å². The Morgan fingerprint density at radius 2 is 1.72 bits per heavy atom. The lowest BCUT2D eigenvalue weighted by molar-refractivity contribution is -0.199. The first kappa shape index (κ1) is 33.3. The van der Waals surface area contributed by atoms with E-state index in [4.69, 9.17) is 14.5 Å². The van der Waals surface area contributed by atoms with Crippen LogP contribution >= 0.6 is 15.9 Å². The molecule has 0 radical (unpaired) electrons. The molecule has 1 aromatic heterocycles. The first-order chi connectivity index (χ1) is 22.1. The molecule has 2 saturated carbocycles. The molecule has 0 atom stereocenters. The highest BCUT2D eigenvalue weighted by Gasteiger charge is 2.67. The third kappa shape index (κ3) is 6.35. The summed E-state index contributed by atoms with van der Waals surface area (Å²) >= 11 is 3.46. The number of amides is 2. The molecule has 9 nitrogen and oxygen atoms in total. The molecular formula is C37H44BrN5O4. The van der Waals surface area contributed by atoms with Crippen molar-refractivity contribution in [2.75, 3.05) is 26.2 Å². The monoisotopic (exact) mass is 701 g/mol. The number of fused-ring (bicyclic) bond motifs is 1. The lowest BCUT2D eigenvalue weighted by Crippen LogP contribution is -2.74. The average molecular weight is 703 g/mol. The summed E-state index contributed by atoms with van der Waals surface area (Å²) in [6.07, 6.45) is 1.68. The third-order valence-corrected chi connectivity index (χ3v) is 10.8. The average Bonchev–Trinajstić information content (AvgIpc) is 3.28. The predicted octanol–water partition coefficient (Wildman–Crippen LogP) is 6.24. The third-order valence-electron chi connectivity index (χ3n) is 10.2. The Balaban J connectivity index is 1.04. The summed E-state index contributed by atoms with van der Waals surface area (Å²) in [6.45, 7) is 17.8. The molecule has 6 rings (SSSR count). The molecule has 0 spiro atoms. The van der Waals surface area contributed by atoms with Crippen molar-refractivity contribution in [2.45, 2.75) is 91.6 Å². The van der Waals surface area contributed by atoms with Crippen molar-refractivity contribution in [2.24, 2.45) is 16.7 Å². The molecule has 2 amide bonds. The van der Waals surface area contributed by atoms with Crippen molar-refractivity contribution in [1.29, 1.82) is 5.26 Å². The minimum Gasteiger partial charge on any atom is -0.489 e. The molecule has 2 aliphatic carbocycles. The Labute approximate surface area is 286 Å². The normalized spacial score (nSPS) is 26.2. The van der Waals surface area contributed by atoms with E-state index in [0.717, 1.165) is 31.6 Å². The molecular weight excluding hydrogens is 658 g/mol. The van der Waals surface area contributed by atoms with Crippen molar-refractivity contribution in [3.8, 4) is 23.7 Å². The van der Waals surface area contributed by atoms with Crippen LogP contribution in [-0.4, -0.2) is 81.7 Å². The van der Waals surface area contributed by atoms with Crippen LogP contribution in [0.25, 0.3) is 0 Å². The second-order valence-corrected chi connectivity index (χ2v) is 16.4. The van der Waals surface area contributed by atoms with Gasteiger partial charge in [-0.2, -0.15) is 5.26 Å². The summed E-state index contributed by atoms with van der Waals surface area (Å²) in [7, 11) is 0. The van der Waals surface area contributed by atoms with E-state index in [2.05, 4.69) is 66.4 Å². The number of ether oxygens (including phenoxy) is 2. The van der Waals surface area contributed by atoms with E-state index in [1.165, 1.54) is 0 Å². The van der Waals surface area contributed by atoms with Gasteiger partial charge in [0.2, 0.25) is 0 Å². The largest absolute Gasteiger partial charge is 0.489 e. The molecule has 0 N–H and O–H groups in total. The Kier molecular flexibility index (Phi) is 8.60. The number of piperazine rings is 1. The number of carbonyl (C=O) groups excluding carboxylic acids is 2. The molecule has 1 saturated heterocycles. The lowest BCUT2D eigenvalue weighted by Gasteiger charge is -2.65. The molecule has 248 valence electrons. The van der Waals surface area contributed by atoms with Crippen LogP contribution in [0.15, 0.2) is 34.8 Å². The molecule has 4 aliphatic rings. The van der Waals surface area contributed by atoms with Crippen LogP contribution in [0.5, 0.6) is 5.75 Å². The van der Waals surface area contributed by atoms with Gasteiger partial charge in [-0.15, -0.1) is 0 Å². The second kappa shape index (κ2) is 12.1. The smallest absolute Gasteiger partial charge is 0.410 e. The minimum absolute atomic E-state index is 0.00586. The van der Waals surface area contributed by atoms with E-state index in [1.54, 1.807) is 11.0 Å². The van der Waals surface area contributed by atoms with Crippen LogP contribution in [0, 0.1) is 39.9 Å². The molecule has 3 heterocycles. The van der Waals surface area contributed by atoms with Gasteiger partial charge in [0.25, 0.3) is 5.91 Å². The van der Waals surface area contributed by atoms with Crippen molar-refractivity contribution >= 4 is 27.9 Å². The zero-order chi connectivity index (χ0) is 33.9. The SMILES string of the molecule is CC(C)(C)OC(=O)N1CCN([C@H]2C[C@H](C#Cc3ccc4c(n3)CN([C@H]3C(C)(C)[C@H](Oc5ccc(C#N)c(Br)c5)C3(C)C)C4=O)C2)CC1. The topological polar surface area (TPSA) is 99.0 Å². The van der Waals surface area contributed by atoms with E-state index in [0.29, 0.717) is 58.6 Å². The first-order valence-corrected chi connectivity index (χ1v) is 17.3. The summed E-state index contributed by atoms with van der Waals surface area (Å²) in [5.74, 6) is 7.73. The van der Waals surface area contributed by atoms with Crippen molar-refractivity contribution in [3.63, 3.8) is 0 Å². The molecule has 1 aromatic carbocycles. The number of halogens is 1. The second-order valence-electron chi connectivity index (χ2n) is 15.5. The number of nitrogens with zero attached hydrogens (tertiary/aromatic N) is 5. The van der Waals surface area contributed by atoms with Gasteiger partial charge >= 0.3 is 6.09 Å². The maximum atomic E-state index is 13.7. The number of rotatable bonds is 4. The van der Waals surface area contributed by atoms with E-state index in [1.807, 2.05) is 49.9 Å².